The van der Waals surface area contributed by atoms with Crippen LogP contribution in [-0.4, -0.2) is 60.6 Å². The van der Waals surface area contributed by atoms with Crippen LogP contribution in [0.15, 0.2) is 42.2 Å². The van der Waals surface area contributed by atoms with Crippen molar-refractivity contribution >= 4 is 17.3 Å². The number of anilines is 1. The molecule has 3 aromatic rings. The second-order valence-corrected chi connectivity index (χ2v) is 7.53. The van der Waals surface area contributed by atoms with Gasteiger partial charge >= 0.3 is 0 Å². The van der Waals surface area contributed by atoms with Crippen molar-refractivity contribution in [1.82, 2.24) is 29.5 Å². The molecule has 2 aliphatic rings. The Hall–Kier alpha value is -3.91. The van der Waals surface area contributed by atoms with Crippen molar-refractivity contribution < 1.29 is 4.74 Å². The second-order valence-electron chi connectivity index (χ2n) is 7.53. The van der Waals surface area contributed by atoms with Gasteiger partial charge in [0, 0.05) is 51.0 Å². The van der Waals surface area contributed by atoms with Crippen molar-refractivity contribution in [3.05, 3.63) is 37.2 Å². The van der Waals surface area contributed by atoms with Crippen LogP contribution in [0.5, 0.6) is 0 Å². The van der Waals surface area contributed by atoms with Crippen LogP contribution in [0.25, 0.3) is 17.5 Å². The molecule has 2 N–H and O–H groups in total. The van der Waals surface area contributed by atoms with Crippen LogP contribution in [0.3, 0.4) is 0 Å². The molecule has 0 spiro atoms. The minimum atomic E-state index is 0.00518. The Morgan fingerprint density at radius 3 is 2.64 bits per heavy atom. The van der Waals surface area contributed by atoms with E-state index in [1.54, 1.807) is 37.1 Å². The minimum absolute atomic E-state index is 0.00518. The first-order valence-electron chi connectivity index (χ1n) is 10.9. The van der Waals surface area contributed by atoms with Gasteiger partial charge in [0.05, 0.1) is 24.5 Å². The summed E-state index contributed by atoms with van der Waals surface area (Å²) < 4.78 is 7.39. The van der Waals surface area contributed by atoms with E-state index in [1.807, 2.05) is 10.8 Å². The van der Waals surface area contributed by atoms with Crippen LogP contribution in [0.2, 0.25) is 0 Å². The summed E-state index contributed by atoms with van der Waals surface area (Å²) in [7, 11) is 0. The summed E-state index contributed by atoms with van der Waals surface area (Å²) in [5.74, 6) is 2.54. The van der Waals surface area contributed by atoms with E-state index in [2.05, 4.69) is 36.8 Å². The van der Waals surface area contributed by atoms with Crippen molar-refractivity contribution in [2.24, 2.45) is 10.7 Å². The first kappa shape index (κ1) is 22.3. The predicted octanol–water partition coefficient (Wildman–Crippen LogP) is 2.42. The maximum absolute atomic E-state index is 7.32. The van der Waals surface area contributed by atoms with E-state index < -0.39 is 0 Å². The molecule has 0 unspecified atom stereocenters. The van der Waals surface area contributed by atoms with Gasteiger partial charge < -0.3 is 15.4 Å². The molecule has 3 aromatic heterocycles. The molecule has 1 saturated heterocycles. The second kappa shape index (κ2) is 10.1. The van der Waals surface area contributed by atoms with E-state index in [1.165, 1.54) is 6.92 Å². The number of nitrogens with zero attached hydrogens (tertiary/aromatic N) is 9. The molecular weight excluding hydrogens is 420 g/mol. The van der Waals surface area contributed by atoms with Gasteiger partial charge in [-0.15, -0.1) is 0 Å². The summed E-state index contributed by atoms with van der Waals surface area (Å²) in [5.41, 5.74) is 7.67. The number of fused-ring (bicyclic) bond motifs is 1. The molecule has 5 rings (SSSR count). The molecule has 1 atom stereocenters. The molecule has 11 heteroatoms. The molecule has 5 heterocycles. The SMILES string of the molecule is CC#N.CC[C@@H]1C(N)=Nc2cnc(-n3ccnc3-c3cnccn3)nc2N1C1CCOCC1. The van der Waals surface area contributed by atoms with Gasteiger partial charge in [0.2, 0.25) is 5.95 Å². The summed E-state index contributed by atoms with van der Waals surface area (Å²) in [5, 5.41) is 7.32. The normalized spacial score (nSPS) is 17.9. The molecule has 33 heavy (non-hydrogen) atoms. The Morgan fingerprint density at radius 1 is 1.15 bits per heavy atom. The maximum Gasteiger partial charge on any atom is 0.237 e. The van der Waals surface area contributed by atoms with E-state index in [0.717, 1.165) is 38.3 Å². The fourth-order valence-electron chi connectivity index (χ4n) is 4.11. The topological polar surface area (TPSA) is 144 Å². The lowest BCUT2D eigenvalue weighted by Gasteiger charge is -2.42. The zero-order chi connectivity index (χ0) is 23.2. The monoisotopic (exact) mass is 446 g/mol. The Bertz CT molecular complexity index is 1150. The van der Waals surface area contributed by atoms with Gasteiger partial charge in [-0.2, -0.15) is 10.2 Å². The molecule has 0 saturated carbocycles. The van der Waals surface area contributed by atoms with Gasteiger partial charge in [0.15, 0.2) is 11.6 Å². The van der Waals surface area contributed by atoms with Gasteiger partial charge in [0.1, 0.15) is 17.2 Å². The minimum Gasteiger partial charge on any atom is -0.385 e. The summed E-state index contributed by atoms with van der Waals surface area (Å²) in [6.07, 6.45) is 12.9. The standard InChI is InChI=1S/C20H23N9O.C2H3N/c1-2-16-17(21)26-15-12-25-20(27-19(15)29(16)13-3-9-30-10-4-13)28-8-7-24-18(28)14-11-22-5-6-23-14;1-2-3/h5-8,11-13,16H,2-4,9-10H2,1H3,(H2,21,26);1H3/t16-;/m1./s1. The highest BCUT2D eigenvalue weighted by Crippen LogP contribution is 2.36. The van der Waals surface area contributed by atoms with Crippen LogP contribution in [0.4, 0.5) is 11.5 Å². The zero-order valence-electron chi connectivity index (χ0n) is 18.7. The molecule has 2 aliphatic heterocycles. The van der Waals surface area contributed by atoms with Crippen LogP contribution < -0.4 is 10.6 Å². The number of hydrogen-bond acceptors (Lipinski definition) is 10. The van der Waals surface area contributed by atoms with Crippen LogP contribution in [0.1, 0.15) is 33.1 Å². The molecule has 0 bridgehead atoms. The van der Waals surface area contributed by atoms with E-state index >= 15 is 0 Å². The average Bonchev–Trinajstić information content (AvgIpc) is 3.34. The highest BCUT2D eigenvalue weighted by atomic mass is 16.5. The van der Waals surface area contributed by atoms with Crippen LogP contribution in [0, 0.1) is 11.3 Å². The van der Waals surface area contributed by atoms with E-state index in [-0.39, 0.29) is 6.04 Å². The largest absolute Gasteiger partial charge is 0.385 e. The van der Waals surface area contributed by atoms with Crippen LogP contribution in [-0.2, 0) is 4.74 Å². The Kier molecular flexibility index (Phi) is 6.85. The molecule has 11 nitrogen and oxygen atoms in total. The molecule has 0 amide bonds. The lowest BCUT2D eigenvalue weighted by molar-refractivity contribution is 0.0833. The molecular formula is C22H26N10O. The zero-order valence-corrected chi connectivity index (χ0v) is 18.7. The van der Waals surface area contributed by atoms with E-state index in [4.69, 9.17) is 20.7 Å². The third kappa shape index (κ3) is 4.51. The number of nitrogens with two attached hydrogens (primary N) is 1. The molecule has 1 fully saturated rings. The van der Waals surface area contributed by atoms with Crippen molar-refractivity contribution in [2.45, 2.75) is 45.2 Å². The number of imidazole rings is 1. The summed E-state index contributed by atoms with van der Waals surface area (Å²) >= 11 is 0. The highest BCUT2D eigenvalue weighted by Gasteiger charge is 2.35. The van der Waals surface area contributed by atoms with Gasteiger partial charge in [-0.1, -0.05) is 6.92 Å². The third-order valence-corrected chi connectivity index (χ3v) is 5.53. The Morgan fingerprint density at radius 2 is 1.94 bits per heavy atom. The third-order valence-electron chi connectivity index (χ3n) is 5.53. The van der Waals surface area contributed by atoms with Gasteiger partial charge in [-0.25, -0.2) is 19.9 Å². The number of ether oxygens (including phenoxy) is 1. The molecule has 0 aliphatic carbocycles. The molecule has 0 radical (unpaired) electrons. The predicted molar refractivity (Wildman–Crippen MR) is 123 cm³/mol. The number of nitriles is 1. The summed E-state index contributed by atoms with van der Waals surface area (Å²) in [6.45, 7) is 5.02. The van der Waals surface area contributed by atoms with E-state index in [0.29, 0.717) is 35.0 Å². The lowest BCUT2D eigenvalue weighted by atomic mass is 10.0. The first-order chi connectivity index (χ1) is 16.2. The van der Waals surface area contributed by atoms with Gasteiger partial charge in [-0.05, 0) is 19.3 Å². The maximum atomic E-state index is 7.32. The van der Waals surface area contributed by atoms with Gasteiger partial charge in [-0.3, -0.25) is 9.55 Å². The van der Waals surface area contributed by atoms with Crippen molar-refractivity contribution in [2.75, 3.05) is 18.1 Å². The average molecular weight is 447 g/mol. The summed E-state index contributed by atoms with van der Waals surface area (Å²) in [4.78, 5) is 29.3. The number of rotatable bonds is 4. The van der Waals surface area contributed by atoms with Crippen LogP contribution >= 0.6 is 0 Å². The smallest absolute Gasteiger partial charge is 0.237 e. The number of hydrogen-bond donors (Lipinski definition) is 1. The van der Waals surface area contributed by atoms with E-state index in [9.17, 15) is 0 Å². The molecule has 170 valence electrons. The van der Waals surface area contributed by atoms with Gasteiger partial charge in [0.25, 0.3) is 0 Å². The molecule has 0 aromatic carbocycles. The summed E-state index contributed by atoms with van der Waals surface area (Å²) in [6, 6.07) is 2.05. The van der Waals surface area contributed by atoms with Crippen molar-refractivity contribution in [3.8, 4) is 23.5 Å². The Labute approximate surface area is 192 Å². The number of amidine groups is 1. The van der Waals surface area contributed by atoms with Crippen molar-refractivity contribution in [1.29, 1.82) is 5.26 Å². The Balaban J connectivity index is 0.000000821. The number of aliphatic imine (C=N–C) groups is 1. The van der Waals surface area contributed by atoms with Crippen molar-refractivity contribution in [3.63, 3.8) is 0 Å². The number of aromatic nitrogens is 6. The fourth-order valence-corrected chi connectivity index (χ4v) is 4.11. The fraction of sp³-hybridized carbons (Fsp3) is 0.409. The quantitative estimate of drug-likeness (QED) is 0.638. The first-order valence-corrected chi connectivity index (χ1v) is 10.9. The lowest BCUT2D eigenvalue weighted by Crippen LogP contribution is -2.53. The highest BCUT2D eigenvalue weighted by molar-refractivity contribution is 5.95.